The van der Waals surface area contributed by atoms with Crippen LogP contribution in [0.25, 0.3) is 11.4 Å². The third-order valence-corrected chi connectivity index (χ3v) is 3.31. The highest BCUT2D eigenvalue weighted by Crippen LogP contribution is 2.37. The molecule has 0 saturated carbocycles. The zero-order chi connectivity index (χ0) is 14.9. The molecule has 1 aromatic heterocycles. The lowest BCUT2D eigenvalue weighted by molar-refractivity contribution is -0.0328. The van der Waals surface area contributed by atoms with Gasteiger partial charge in [0.05, 0.1) is 5.69 Å². The standard InChI is InChI=1S/C12H7ClF4N2S/c1-6-9(14)10(13)19-11(18-6)7-2-4-8(5-3-7)20-12(15,16)17/h2-5H,1H3. The molecule has 0 spiro atoms. The van der Waals surface area contributed by atoms with Gasteiger partial charge in [0.15, 0.2) is 16.8 Å². The fourth-order valence-corrected chi connectivity index (χ4v) is 2.22. The Morgan fingerprint density at radius 2 is 1.70 bits per heavy atom. The average molecular weight is 323 g/mol. The van der Waals surface area contributed by atoms with Gasteiger partial charge in [0.1, 0.15) is 0 Å². The van der Waals surface area contributed by atoms with Gasteiger partial charge < -0.3 is 0 Å². The highest BCUT2D eigenvalue weighted by molar-refractivity contribution is 8.00. The van der Waals surface area contributed by atoms with Crippen molar-refractivity contribution in [1.29, 1.82) is 0 Å². The Kier molecular flexibility index (Phi) is 4.19. The zero-order valence-corrected chi connectivity index (χ0v) is 11.6. The molecule has 0 fully saturated rings. The Morgan fingerprint density at radius 1 is 1.10 bits per heavy atom. The van der Waals surface area contributed by atoms with Crippen molar-refractivity contribution < 1.29 is 17.6 Å². The maximum atomic E-state index is 13.3. The fraction of sp³-hybridized carbons (Fsp3) is 0.167. The van der Waals surface area contributed by atoms with E-state index in [-0.39, 0.29) is 33.3 Å². The van der Waals surface area contributed by atoms with Crippen LogP contribution in [-0.4, -0.2) is 15.5 Å². The second-order valence-electron chi connectivity index (χ2n) is 3.81. The van der Waals surface area contributed by atoms with Crippen molar-refractivity contribution in [3.63, 3.8) is 0 Å². The van der Waals surface area contributed by atoms with Gasteiger partial charge in [-0.05, 0) is 30.8 Å². The van der Waals surface area contributed by atoms with E-state index in [0.29, 0.717) is 5.56 Å². The highest BCUT2D eigenvalue weighted by Gasteiger charge is 2.29. The summed E-state index contributed by atoms with van der Waals surface area (Å²) in [4.78, 5) is 7.71. The first-order valence-corrected chi connectivity index (χ1v) is 6.51. The molecular formula is C12H7ClF4N2S. The van der Waals surface area contributed by atoms with Gasteiger partial charge in [0.25, 0.3) is 0 Å². The van der Waals surface area contributed by atoms with Crippen LogP contribution >= 0.6 is 23.4 Å². The summed E-state index contributed by atoms with van der Waals surface area (Å²) < 4.78 is 49.9. The van der Waals surface area contributed by atoms with Crippen molar-refractivity contribution in [2.24, 2.45) is 0 Å². The third kappa shape index (κ3) is 3.61. The summed E-state index contributed by atoms with van der Waals surface area (Å²) in [6.45, 7) is 1.43. The van der Waals surface area contributed by atoms with Crippen LogP contribution in [0.15, 0.2) is 29.2 Å². The lowest BCUT2D eigenvalue weighted by Gasteiger charge is -2.07. The summed E-state index contributed by atoms with van der Waals surface area (Å²) in [5.74, 6) is -0.544. The molecule has 1 heterocycles. The Bertz CT molecular complexity index is 605. The molecule has 0 saturated heterocycles. The van der Waals surface area contributed by atoms with E-state index in [4.69, 9.17) is 11.6 Å². The van der Waals surface area contributed by atoms with Crippen molar-refractivity contribution in [3.05, 3.63) is 40.9 Å². The predicted octanol–water partition coefficient (Wildman–Crippen LogP) is 4.86. The van der Waals surface area contributed by atoms with Crippen LogP contribution < -0.4 is 0 Å². The van der Waals surface area contributed by atoms with Crippen LogP contribution in [0.4, 0.5) is 17.6 Å². The summed E-state index contributed by atoms with van der Waals surface area (Å²) >= 11 is 5.39. The molecule has 0 aliphatic heterocycles. The smallest absolute Gasteiger partial charge is 0.230 e. The number of hydrogen-bond donors (Lipinski definition) is 0. The SMILES string of the molecule is Cc1nc(-c2ccc(SC(F)(F)F)cc2)nc(Cl)c1F. The van der Waals surface area contributed by atoms with E-state index in [1.807, 2.05) is 0 Å². The zero-order valence-electron chi connectivity index (χ0n) is 10.0. The second-order valence-corrected chi connectivity index (χ2v) is 5.31. The van der Waals surface area contributed by atoms with Crippen LogP contribution in [0.2, 0.25) is 5.15 Å². The molecule has 2 nitrogen and oxygen atoms in total. The van der Waals surface area contributed by atoms with Crippen LogP contribution in [0.3, 0.4) is 0 Å². The first kappa shape index (κ1) is 15.1. The van der Waals surface area contributed by atoms with Crippen molar-refractivity contribution >= 4 is 23.4 Å². The number of nitrogens with zero attached hydrogens (tertiary/aromatic N) is 2. The number of hydrogen-bond acceptors (Lipinski definition) is 3. The summed E-state index contributed by atoms with van der Waals surface area (Å²) in [5, 5.41) is -0.318. The Balaban J connectivity index is 2.31. The first-order valence-electron chi connectivity index (χ1n) is 5.32. The average Bonchev–Trinajstić information content (AvgIpc) is 2.34. The van der Waals surface area contributed by atoms with Crippen molar-refractivity contribution in [1.82, 2.24) is 9.97 Å². The number of thioether (sulfide) groups is 1. The molecule has 0 amide bonds. The third-order valence-electron chi connectivity index (χ3n) is 2.32. The number of benzene rings is 1. The summed E-state index contributed by atoms with van der Waals surface area (Å²) in [6.07, 6.45) is 0. The van der Waals surface area contributed by atoms with E-state index in [2.05, 4.69) is 9.97 Å². The number of alkyl halides is 3. The maximum Gasteiger partial charge on any atom is 0.446 e. The number of aromatic nitrogens is 2. The topological polar surface area (TPSA) is 25.8 Å². The molecule has 106 valence electrons. The molecule has 0 atom stereocenters. The monoisotopic (exact) mass is 322 g/mol. The molecule has 8 heteroatoms. The Labute approximate surface area is 121 Å². The molecule has 0 bridgehead atoms. The van der Waals surface area contributed by atoms with Gasteiger partial charge in [-0.25, -0.2) is 14.4 Å². The molecule has 20 heavy (non-hydrogen) atoms. The number of halogens is 5. The second kappa shape index (κ2) is 5.57. The lowest BCUT2D eigenvalue weighted by Crippen LogP contribution is -1.99. The molecule has 0 radical (unpaired) electrons. The quantitative estimate of drug-likeness (QED) is 0.449. The fourth-order valence-electron chi connectivity index (χ4n) is 1.46. The largest absolute Gasteiger partial charge is 0.446 e. The minimum absolute atomic E-state index is 0.0474. The van der Waals surface area contributed by atoms with E-state index in [1.54, 1.807) is 0 Å². The van der Waals surface area contributed by atoms with E-state index in [9.17, 15) is 17.6 Å². The van der Waals surface area contributed by atoms with Gasteiger partial charge in [-0.2, -0.15) is 13.2 Å². The lowest BCUT2D eigenvalue weighted by atomic mass is 10.2. The van der Waals surface area contributed by atoms with Gasteiger partial charge in [0.2, 0.25) is 0 Å². The predicted molar refractivity (Wildman–Crippen MR) is 69.1 cm³/mol. The molecule has 2 rings (SSSR count). The Morgan fingerprint density at radius 3 is 2.20 bits per heavy atom. The van der Waals surface area contributed by atoms with Crippen molar-refractivity contribution in [2.45, 2.75) is 17.3 Å². The van der Waals surface area contributed by atoms with Gasteiger partial charge in [-0.15, -0.1) is 0 Å². The Hall–Kier alpha value is -1.34. The number of rotatable bonds is 2. The van der Waals surface area contributed by atoms with Crippen molar-refractivity contribution in [3.8, 4) is 11.4 Å². The van der Waals surface area contributed by atoms with Crippen molar-refractivity contribution in [2.75, 3.05) is 0 Å². The number of aryl methyl sites for hydroxylation is 1. The highest BCUT2D eigenvalue weighted by atomic mass is 35.5. The normalized spacial score (nSPS) is 11.7. The van der Waals surface area contributed by atoms with Gasteiger partial charge in [-0.1, -0.05) is 23.7 Å². The van der Waals surface area contributed by atoms with E-state index < -0.39 is 11.3 Å². The van der Waals surface area contributed by atoms with Crippen LogP contribution in [0.1, 0.15) is 5.69 Å². The summed E-state index contributed by atoms with van der Waals surface area (Å²) in [6, 6.07) is 5.45. The van der Waals surface area contributed by atoms with E-state index in [1.165, 1.54) is 31.2 Å². The minimum atomic E-state index is -4.34. The molecule has 0 aliphatic rings. The van der Waals surface area contributed by atoms with Gasteiger partial charge in [-0.3, -0.25) is 0 Å². The van der Waals surface area contributed by atoms with Gasteiger partial charge >= 0.3 is 5.51 Å². The van der Waals surface area contributed by atoms with E-state index in [0.717, 1.165) is 0 Å². The summed E-state index contributed by atoms with van der Waals surface area (Å²) in [7, 11) is 0. The minimum Gasteiger partial charge on any atom is -0.230 e. The van der Waals surface area contributed by atoms with Crippen LogP contribution in [-0.2, 0) is 0 Å². The van der Waals surface area contributed by atoms with Crippen LogP contribution in [0.5, 0.6) is 0 Å². The molecule has 0 aliphatic carbocycles. The maximum absolute atomic E-state index is 13.3. The van der Waals surface area contributed by atoms with Crippen LogP contribution in [0, 0.1) is 12.7 Å². The molecule has 2 aromatic rings. The molecule has 1 aromatic carbocycles. The summed E-state index contributed by atoms with van der Waals surface area (Å²) in [5.41, 5.74) is -3.80. The first-order chi connectivity index (χ1) is 9.26. The van der Waals surface area contributed by atoms with Gasteiger partial charge in [0, 0.05) is 10.5 Å². The molecule has 0 unspecified atom stereocenters. The van der Waals surface area contributed by atoms with E-state index >= 15 is 0 Å². The molecular weight excluding hydrogens is 316 g/mol. The molecule has 0 N–H and O–H groups in total.